The van der Waals surface area contributed by atoms with Crippen molar-refractivity contribution in [2.75, 3.05) is 6.54 Å². The van der Waals surface area contributed by atoms with E-state index in [1.165, 1.54) is 5.56 Å². The first-order valence-corrected chi connectivity index (χ1v) is 6.72. The molecule has 0 aromatic carbocycles. The number of nitrogens with one attached hydrogen (secondary N) is 1. The molecule has 1 atom stereocenters. The van der Waals surface area contributed by atoms with Gasteiger partial charge in [-0.05, 0) is 45.9 Å². The van der Waals surface area contributed by atoms with Crippen LogP contribution in [0, 0.1) is 13.8 Å². The second-order valence-electron chi connectivity index (χ2n) is 4.81. The van der Waals surface area contributed by atoms with E-state index in [2.05, 4.69) is 41.4 Å². The minimum Gasteiger partial charge on any atom is -0.310 e. The molecule has 0 fully saturated rings. The van der Waals surface area contributed by atoms with Crippen molar-refractivity contribution in [3.8, 4) is 5.82 Å². The van der Waals surface area contributed by atoms with Crippen LogP contribution < -0.4 is 5.32 Å². The van der Waals surface area contributed by atoms with Crippen LogP contribution in [0.25, 0.3) is 5.82 Å². The first-order chi connectivity index (χ1) is 9.13. The third-order valence-electron chi connectivity index (χ3n) is 3.22. The van der Waals surface area contributed by atoms with Crippen LogP contribution in [0.5, 0.6) is 0 Å². The lowest BCUT2D eigenvalue weighted by atomic mass is 10.1. The van der Waals surface area contributed by atoms with Crippen molar-refractivity contribution in [3.05, 3.63) is 35.3 Å². The van der Waals surface area contributed by atoms with Crippen LogP contribution in [0.15, 0.2) is 18.3 Å². The fraction of sp³-hybridized carbons (Fsp3) is 0.500. The number of nitrogens with zero attached hydrogens (tertiary/aromatic N) is 4. The summed E-state index contributed by atoms with van der Waals surface area (Å²) in [5.41, 5.74) is 3.22. The smallest absolute Gasteiger partial charge is 0.175 e. The molecule has 2 aromatic rings. The van der Waals surface area contributed by atoms with Crippen LogP contribution in [0.2, 0.25) is 0 Å². The molecule has 102 valence electrons. The van der Waals surface area contributed by atoms with Gasteiger partial charge in [0.2, 0.25) is 0 Å². The van der Waals surface area contributed by atoms with Gasteiger partial charge < -0.3 is 5.32 Å². The molecule has 0 aliphatic heterocycles. The molecule has 0 aliphatic carbocycles. The highest BCUT2D eigenvalue weighted by atomic mass is 15.3. The predicted octanol–water partition coefficient (Wildman–Crippen LogP) is 2.34. The van der Waals surface area contributed by atoms with Gasteiger partial charge in [0, 0.05) is 17.3 Å². The maximum absolute atomic E-state index is 4.42. The van der Waals surface area contributed by atoms with E-state index in [1.54, 1.807) is 0 Å². The molecule has 0 saturated carbocycles. The molecule has 2 rings (SSSR count). The molecule has 0 amide bonds. The molecular weight excluding hydrogens is 238 g/mol. The highest BCUT2D eigenvalue weighted by Crippen LogP contribution is 2.18. The van der Waals surface area contributed by atoms with Crippen LogP contribution in [-0.2, 0) is 0 Å². The Bertz CT molecular complexity index is 529. The Labute approximate surface area is 114 Å². The minimum atomic E-state index is 0.298. The van der Waals surface area contributed by atoms with Crippen molar-refractivity contribution in [3.63, 3.8) is 0 Å². The van der Waals surface area contributed by atoms with Crippen molar-refractivity contribution in [2.45, 2.75) is 40.2 Å². The summed E-state index contributed by atoms with van der Waals surface area (Å²) in [5.74, 6) is 0.761. The SMILES string of the molecule is CCCNC(C)c1cnn(-c2ccc(C)nn2)c1C. The van der Waals surface area contributed by atoms with E-state index in [1.807, 2.05) is 29.9 Å². The average molecular weight is 259 g/mol. The van der Waals surface area contributed by atoms with Gasteiger partial charge in [-0.15, -0.1) is 5.10 Å². The number of hydrogen-bond donors (Lipinski definition) is 1. The van der Waals surface area contributed by atoms with Gasteiger partial charge >= 0.3 is 0 Å². The highest BCUT2D eigenvalue weighted by Gasteiger charge is 2.14. The molecule has 1 unspecified atom stereocenters. The predicted molar refractivity (Wildman–Crippen MR) is 75.3 cm³/mol. The number of hydrogen-bond acceptors (Lipinski definition) is 4. The maximum Gasteiger partial charge on any atom is 0.175 e. The molecule has 0 saturated heterocycles. The second-order valence-corrected chi connectivity index (χ2v) is 4.81. The van der Waals surface area contributed by atoms with Crippen LogP contribution in [0.1, 0.15) is 43.3 Å². The van der Waals surface area contributed by atoms with E-state index in [9.17, 15) is 0 Å². The van der Waals surface area contributed by atoms with Gasteiger partial charge in [0.05, 0.1) is 11.9 Å². The van der Waals surface area contributed by atoms with E-state index in [-0.39, 0.29) is 0 Å². The Morgan fingerprint density at radius 1 is 1.26 bits per heavy atom. The first kappa shape index (κ1) is 13.7. The molecule has 5 nitrogen and oxygen atoms in total. The van der Waals surface area contributed by atoms with Crippen molar-refractivity contribution in [2.24, 2.45) is 0 Å². The number of rotatable bonds is 5. The standard InChI is InChI=1S/C14H21N5/c1-5-8-15-11(3)13-9-16-19(12(13)4)14-7-6-10(2)17-18-14/h6-7,9,11,15H,5,8H2,1-4H3. The fourth-order valence-corrected chi connectivity index (χ4v) is 2.05. The van der Waals surface area contributed by atoms with Crippen LogP contribution in [0.3, 0.4) is 0 Å². The van der Waals surface area contributed by atoms with Gasteiger partial charge in [-0.1, -0.05) is 6.92 Å². The second kappa shape index (κ2) is 5.93. The average Bonchev–Trinajstić information content (AvgIpc) is 2.79. The zero-order valence-electron chi connectivity index (χ0n) is 12.0. The molecule has 0 aliphatic rings. The maximum atomic E-state index is 4.42. The van der Waals surface area contributed by atoms with Crippen LogP contribution in [-0.4, -0.2) is 26.5 Å². The summed E-state index contributed by atoms with van der Waals surface area (Å²) in [6, 6.07) is 4.19. The topological polar surface area (TPSA) is 55.6 Å². The normalized spacial score (nSPS) is 12.6. The molecule has 19 heavy (non-hydrogen) atoms. The molecule has 0 radical (unpaired) electrons. The van der Waals surface area contributed by atoms with E-state index in [0.717, 1.165) is 30.2 Å². The minimum absolute atomic E-state index is 0.298. The van der Waals surface area contributed by atoms with Crippen molar-refractivity contribution < 1.29 is 0 Å². The Hall–Kier alpha value is -1.75. The van der Waals surface area contributed by atoms with Gasteiger partial charge in [0.1, 0.15) is 0 Å². The summed E-state index contributed by atoms with van der Waals surface area (Å²) in [7, 11) is 0. The summed E-state index contributed by atoms with van der Waals surface area (Å²) >= 11 is 0. The summed E-state index contributed by atoms with van der Waals surface area (Å²) in [4.78, 5) is 0. The van der Waals surface area contributed by atoms with Gasteiger partial charge in [-0.3, -0.25) is 0 Å². The molecule has 0 spiro atoms. The Morgan fingerprint density at radius 3 is 2.68 bits per heavy atom. The van der Waals surface area contributed by atoms with Crippen molar-refractivity contribution >= 4 is 0 Å². The lowest BCUT2D eigenvalue weighted by Gasteiger charge is -2.12. The van der Waals surface area contributed by atoms with Gasteiger partial charge in [-0.2, -0.15) is 10.2 Å². The van der Waals surface area contributed by atoms with Crippen LogP contribution in [0.4, 0.5) is 0 Å². The summed E-state index contributed by atoms with van der Waals surface area (Å²) in [5, 5.41) is 16.1. The molecule has 2 aromatic heterocycles. The largest absolute Gasteiger partial charge is 0.310 e. The molecule has 5 heteroatoms. The summed E-state index contributed by atoms with van der Waals surface area (Å²) in [6.07, 6.45) is 3.03. The number of aromatic nitrogens is 4. The van der Waals surface area contributed by atoms with E-state index >= 15 is 0 Å². The third-order valence-corrected chi connectivity index (χ3v) is 3.22. The lowest BCUT2D eigenvalue weighted by Crippen LogP contribution is -2.19. The monoisotopic (exact) mass is 259 g/mol. The van der Waals surface area contributed by atoms with E-state index in [4.69, 9.17) is 0 Å². The zero-order chi connectivity index (χ0) is 13.8. The zero-order valence-corrected chi connectivity index (χ0v) is 12.0. The molecular formula is C14H21N5. The number of aryl methyl sites for hydroxylation is 1. The summed E-state index contributed by atoms with van der Waals surface area (Å²) in [6.45, 7) is 9.32. The van der Waals surface area contributed by atoms with Gasteiger partial charge in [-0.25, -0.2) is 4.68 Å². The quantitative estimate of drug-likeness (QED) is 0.895. The lowest BCUT2D eigenvalue weighted by molar-refractivity contribution is 0.568. The summed E-state index contributed by atoms with van der Waals surface area (Å²) < 4.78 is 1.84. The van der Waals surface area contributed by atoms with E-state index < -0.39 is 0 Å². The third kappa shape index (κ3) is 2.98. The fourth-order valence-electron chi connectivity index (χ4n) is 2.05. The molecule has 0 bridgehead atoms. The Kier molecular flexibility index (Phi) is 4.27. The molecule has 1 N–H and O–H groups in total. The van der Waals surface area contributed by atoms with Crippen molar-refractivity contribution in [1.29, 1.82) is 0 Å². The van der Waals surface area contributed by atoms with Crippen LogP contribution >= 0.6 is 0 Å². The van der Waals surface area contributed by atoms with Gasteiger partial charge in [0.25, 0.3) is 0 Å². The van der Waals surface area contributed by atoms with Gasteiger partial charge in [0.15, 0.2) is 5.82 Å². The Balaban J connectivity index is 2.25. The van der Waals surface area contributed by atoms with Crippen molar-refractivity contribution in [1.82, 2.24) is 25.3 Å². The first-order valence-electron chi connectivity index (χ1n) is 6.72. The Morgan fingerprint density at radius 2 is 2.05 bits per heavy atom. The van der Waals surface area contributed by atoms with E-state index in [0.29, 0.717) is 6.04 Å². The highest BCUT2D eigenvalue weighted by molar-refractivity contribution is 5.29. The molecule has 2 heterocycles.